The number of aliphatic hydroxyl groups is 1. The summed E-state index contributed by atoms with van der Waals surface area (Å²) in [6.45, 7) is -0.237. The lowest BCUT2D eigenvalue weighted by Gasteiger charge is -2.15. The number of non-ortho nitro benzene ring substituents is 1. The summed E-state index contributed by atoms with van der Waals surface area (Å²) in [5.74, 6) is -0.703. The van der Waals surface area contributed by atoms with Gasteiger partial charge in [-0.25, -0.2) is 4.79 Å². The van der Waals surface area contributed by atoms with Crippen LogP contribution in [0.15, 0.2) is 24.3 Å². The van der Waals surface area contributed by atoms with Gasteiger partial charge in [0.1, 0.15) is 24.2 Å². The summed E-state index contributed by atoms with van der Waals surface area (Å²) < 4.78 is 15.5. The van der Waals surface area contributed by atoms with Crippen molar-refractivity contribution >= 4 is 23.4 Å². The lowest BCUT2D eigenvalue weighted by atomic mass is 10.2. The zero-order chi connectivity index (χ0) is 17.7. The van der Waals surface area contributed by atoms with E-state index in [1.54, 1.807) is 0 Å². The molecular weight excluding hydrogens is 340 g/mol. The SMILES string of the molecule is CO[C@H]1O[C@@H](COC(=O)c2ccc([N+](=O)[O-])cc2)[C@@H](O)[C@H]1SC#N. The Morgan fingerprint density at radius 2 is 2.17 bits per heavy atom. The van der Waals surface area contributed by atoms with Gasteiger partial charge in [0.25, 0.3) is 5.69 Å². The van der Waals surface area contributed by atoms with Gasteiger partial charge < -0.3 is 19.3 Å². The number of carbonyl (C=O) groups excluding carboxylic acids is 1. The van der Waals surface area contributed by atoms with E-state index in [9.17, 15) is 20.0 Å². The highest BCUT2D eigenvalue weighted by Gasteiger charge is 2.45. The summed E-state index contributed by atoms with van der Waals surface area (Å²) in [6, 6.07) is 4.94. The Hall–Kier alpha value is -2.19. The van der Waals surface area contributed by atoms with Crippen molar-refractivity contribution in [1.82, 2.24) is 0 Å². The molecule has 128 valence electrons. The van der Waals surface area contributed by atoms with Crippen LogP contribution >= 0.6 is 11.8 Å². The molecule has 0 aliphatic carbocycles. The molecule has 0 amide bonds. The first kappa shape index (κ1) is 18.2. The molecule has 1 aliphatic heterocycles. The number of nitro benzene ring substituents is 1. The minimum absolute atomic E-state index is 0.138. The van der Waals surface area contributed by atoms with E-state index in [4.69, 9.17) is 19.5 Å². The first-order chi connectivity index (χ1) is 11.5. The van der Waals surface area contributed by atoms with Crippen LogP contribution in [0.25, 0.3) is 0 Å². The normalized spacial score (nSPS) is 25.9. The number of esters is 1. The van der Waals surface area contributed by atoms with Gasteiger partial charge in [0.2, 0.25) is 0 Å². The van der Waals surface area contributed by atoms with Crippen molar-refractivity contribution in [2.24, 2.45) is 0 Å². The largest absolute Gasteiger partial charge is 0.459 e. The summed E-state index contributed by atoms with van der Waals surface area (Å²) in [5.41, 5.74) is -0.000247. The fraction of sp³-hybridized carbons (Fsp3) is 0.429. The molecule has 0 saturated carbocycles. The van der Waals surface area contributed by atoms with Gasteiger partial charge in [-0.3, -0.25) is 10.1 Å². The van der Waals surface area contributed by atoms with E-state index in [0.29, 0.717) is 0 Å². The summed E-state index contributed by atoms with van der Waals surface area (Å²) in [4.78, 5) is 21.9. The summed E-state index contributed by atoms with van der Waals surface area (Å²) in [5, 5.41) is 30.7. The third-order valence-corrected chi connectivity index (χ3v) is 4.29. The predicted molar refractivity (Wildman–Crippen MR) is 82.0 cm³/mol. The molecule has 1 aromatic rings. The first-order valence-corrected chi connectivity index (χ1v) is 7.68. The van der Waals surface area contributed by atoms with E-state index in [0.717, 1.165) is 11.8 Å². The molecule has 9 nitrogen and oxygen atoms in total. The number of nitro groups is 1. The summed E-state index contributed by atoms with van der Waals surface area (Å²) >= 11 is 0.820. The van der Waals surface area contributed by atoms with Gasteiger partial charge in [-0.15, -0.1) is 0 Å². The Balaban J connectivity index is 1.94. The smallest absolute Gasteiger partial charge is 0.338 e. The second-order valence-corrected chi connectivity index (χ2v) is 5.81. The molecule has 1 fully saturated rings. The zero-order valence-electron chi connectivity index (χ0n) is 12.5. The summed E-state index contributed by atoms with van der Waals surface area (Å²) in [6.07, 6.45) is -2.65. The molecule has 4 atom stereocenters. The van der Waals surface area contributed by atoms with E-state index in [2.05, 4.69) is 0 Å². The van der Waals surface area contributed by atoms with E-state index in [1.807, 2.05) is 5.40 Å². The van der Waals surface area contributed by atoms with Crippen LogP contribution in [-0.4, -0.2) is 53.5 Å². The van der Waals surface area contributed by atoms with Crippen LogP contribution in [0.1, 0.15) is 10.4 Å². The van der Waals surface area contributed by atoms with Crippen LogP contribution in [0.5, 0.6) is 0 Å². The molecule has 0 unspecified atom stereocenters. The number of thioether (sulfide) groups is 1. The minimum Gasteiger partial charge on any atom is -0.459 e. The highest BCUT2D eigenvalue weighted by atomic mass is 32.2. The van der Waals surface area contributed by atoms with Gasteiger partial charge in [0, 0.05) is 19.2 Å². The van der Waals surface area contributed by atoms with Gasteiger partial charge in [0.05, 0.1) is 15.7 Å². The van der Waals surface area contributed by atoms with Crippen LogP contribution in [0.2, 0.25) is 0 Å². The van der Waals surface area contributed by atoms with Crippen LogP contribution in [0, 0.1) is 20.8 Å². The lowest BCUT2D eigenvalue weighted by Crippen LogP contribution is -2.33. The number of ether oxygens (including phenoxy) is 3. The second kappa shape index (κ2) is 8.07. The van der Waals surface area contributed by atoms with E-state index < -0.39 is 34.6 Å². The Morgan fingerprint density at radius 3 is 2.71 bits per heavy atom. The number of methoxy groups -OCH3 is 1. The lowest BCUT2D eigenvalue weighted by molar-refractivity contribution is -0.384. The van der Waals surface area contributed by atoms with Crippen molar-refractivity contribution in [3.8, 4) is 5.40 Å². The van der Waals surface area contributed by atoms with E-state index in [1.165, 1.54) is 31.4 Å². The molecule has 24 heavy (non-hydrogen) atoms. The quantitative estimate of drug-likeness (QED) is 0.345. The van der Waals surface area contributed by atoms with Gasteiger partial charge in [-0.2, -0.15) is 5.26 Å². The van der Waals surface area contributed by atoms with Gasteiger partial charge in [-0.1, -0.05) is 0 Å². The van der Waals surface area contributed by atoms with Crippen molar-refractivity contribution in [1.29, 1.82) is 5.26 Å². The Kier molecular flexibility index (Phi) is 6.10. The third kappa shape index (κ3) is 4.01. The number of hydrogen-bond acceptors (Lipinski definition) is 9. The van der Waals surface area contributed by atoms with Crippen LogP contribution < -0.4 is 0 Å². The molecule has 0 spiro atoms. The number of thiocyanates is 1. The molecule has 10 heteroatoms. The molecule has 1 aliphatic rings. The molecule has 1 saturated heterocycles. The summed E-state index contributed by atoms with van der Waals surface area (Å²) in [7, 11) is 1.38. The Morgan fingerprint density at radius 1 is 1.50 bits per heavy atom. The van der Waals surface area contributed by atoms with Crippen molar-refractivity contribution in [2.45, 2.75) is 23.7 Å². The standard InChI is InChI=1S/C14H14N2O7S/c1-21-14-12(24-7-15)11(17)10(23-14)6-22-13(18)8-2-4-9(5-3-8)16(19)20/h2-5,10-12,14,17H,6H2,1H3/t10-,11+,12+,14-/m0/s1. The predicted octanol–water partition coefficient (Wildman–Crippen LogP) is 1.07. The number of nitrogens with zero attached hydrogens (tertiary/aromatic N) is 2. The average Bonchev–Trinajstić information content (AvgIpc) is 2.89. The minimum atomic E-state index is -1.04. The highest BCUT2D eigenvalue weighted by molar-refractivity contribution is 8.04. The van der Waals surface area contributed by atoms with E-state index >= 15 is 0 Å². The second-order valence-electron chi connectivity index (χ2n) is 4.85. The zero-order valence-corrected chi connectivity index (χ0v) is 13.3. The van der Waals surface area contributed by atoms with Gasteiger partial charge in [-0.05, 0) is 23.9 Å². The number of benzene rings is 1. The van der Waals surface area contributed by atoms with Crippen molar-refractivity contribution in [2.75, 3.05) is 13.7 Å². The molecule has 1 heterocycles. The van der Waals surface area contributed by atoms with Crippen LogP contribution in [0.4, 0.5) is 5.69 Å². The topological polar surface area (TPSA) is 132 Å². The maximum atomic E-state index is 11.9. The number of hydrogen-bond donors (Lipinski definition) is 1. The molecular formula is C14H14N2O7S. The van der Waals surface area contributed by atoms with Crippen LogP contribution in [0.3, 0.4) is 0 Å². The van der Waals surface area contributed by atoms with Gasteiger partial charge in [0.15, 0.2) is 6.29 Å². The molecule has 1 N–H and O–H groups in total. The van der Waals surface area contributed by atoms with Crippen LogP contribution in [-0.2, 0) is 14.2 Å². The molecule has 2 rings (SSSR count). The fourth-order valence-corrected chi connectivity index (χ4v) is 2.90. The number of carbonyl (C=O) groups is 1. The molecule has 0 bridgehead atoms. The molecule has 1 aromatic carbocycles. The maximum absolute atomic E-state index is 11.9. The highest BCUT2D eigenvalue weighted by Crippen LogP contribution is 2.31. The fourth-order valence-electron chi connectivity index (χ4n) is 2.18. The number of aliphatic hydroxyl groups excluding tert-OH is 1. The first-order valence-electron chi connectivity index (χ1n) is 6.80. The number of nitriles is 1. The Labute approximate surface area is 141 Å². The van der Waals surface area contributed by atoms with Crippen molar-refractivity contribution in [3.05, 3.63) is 39.9 Å². The third-order valence-electron chi connectivity index (χ3n) is 3.41. The average molecular weight is 354 g/mol. The molecule has 0 radical (unpaired) electrons. The van der Waals surface area contributed by atoms with Gasteiger partial charge >= 0.3 is 5.97 Å². The maximum Gasteiger partial charge on any atom is 0.338 e. The Bertz CT molecular complexity index is 646. The molecule has 0 aromatic heterocycles. The monoisotopic (exact) mass is 354 g/mol. The number of rotatable bonds is 6. The van der Waals surface area contributed by atoms with E-state index in [-0.39, 0.29) is 17.9 Å². The van der Waals surface area contributed by atoms with Crippen molar-refractivity contribution < 1.29 is 29.0 Å². The van der Waals surface area contributed by atoms with Crippen molar-refractivity contribution in [3.63, 3.8) is 0 Å².